The van der Waals surface area contributed by atoms with Crippen LogP contribution in [0.5, 0.6) is 0 Å². The Labute approximate surface area is 167 Å². The molecule has 28 heavy (non-hydrogen) atoms. The number of pyridine rings is 1. The molecule has 146 valence electrons. The number of hydrogen-bond donors (Lipinski definition) is 0. The Kier molecular flexibility index (Phi) is 5.26. The molecule has 0 saturated heterocycles. The van der Waals surface area contributed by atoms with Crippen molar-refractivity contribution in [1.82, 2.24) is 14.1 Å². The van der Waals surface area contributed by atoms with Gasteiger partial charge in [0.1, 0.15) is 10.3 Å². The molecule has 1 aliphatic rings. The lowest BCUT2D eigenvalue weighted by Crippen LogP contribution is -2.29. The summed E-state index contributed by atoms with van der Waals surface area (Å²) in [6, 6.07) is 5.61. The maximum absolute atomic E-state index is 13.0. The molecule has 6 nitrogen and oxygen atoms in total. The first-order valence-electron chi connectivity index (χ1n) is 9.79. The fourth-order valence-electron chi connectivity index (χ4n) is 3.69. The highest BCUT2D eigenvalue weighted by Crippen LogP contribution is 2.33. The molecule has 3 heterocycles. The molecule has 4 rings (SSSR count). The Bertz CT molecular complexity index is 1150. The molecule has 0 spiro atoms. The highest BCUT2D eigenvalue weighted by molar-refractivity contribution is 7.18. The fourth-order valence-corrected chi connectivity index (χ4v) is 4.91. The molecule has 3 aromatic heterocycles. The molecule has 7 heteroatoms. The van der Waals surface area contributed by atoms with E-state index in [0.29, 0.717) is 12.0 Å². The minimum absolute atomic E-state index is 0.0256. The lowest BCUT2D eigenvalue weighted by atomic mass is 9.97. The van der Waals surface area contributed by atoms with Gasteiger partial charge in [0.05, 0.1) is 11.7 Å². The quantitative estimate of drug-likeness (QED) is 0.680. The number of rotatable bonds is 4. The van der Waals surface area contributed by atoms with Crippen molar-refractivity contribution in [1.29, 1.82) is 0 Å². The number of fused-ring (bicyclic) bond motifs is 3. The molecule has 3 aromatic rings. The van der Waals surface area contributed by atoms with Gasteiger partial charge < -0.3 is 0 Å². The largest absolute Gasteiger partial charge is 0.298 e. The molecule has 0 aromatic carbocycles. The van der Waals surface area contributed by atoms with Crippen LogP contribution >= 0.6 is 11.3 Å². The van der Waals surface area contributed by atoms with Crippen LogP contribution in [0.1, 0.15) is 48.3 Å². The van der Waals surface area contributed by atoms with Crippen LogP contribution in [-0.4, -0.2) is 26.1 Å². The highest BCUT2D eigenvalue weighted by Gasteiger charge is 2.20. The molecule has 0 fully saturated rings. The summed E-state index contributed by atoms with van der Waals surface area (Å²) in [5.74, 6) is -0.0839. The highest BCUT2D eigenvalue weighted by atomic mass is 32.1. The minimum atomic E-state index is -0.0839. The SMILES string of the molecule is CC(C)N=c1ccccn1C(=O)CCn1cnc2sc3c(c2c1=O)CCCC3. The summed E-state index contributed by atoms with van der Waals surface area (Å²) in [5, 5.41) is 0.762. The molecule has 0 atom stereocenters. The first-order chi connectivity index (χ1) is 13.5. The topological polar surface area (TPSA) is 69.2 Å². The zero-order chi connectivity index (χ0) is 19.7. The van der Waals surface area contributed by atoms with Gasteiger partial charge in [0.15, 0.2) is 0 Å². The van der Waals surface area contributed by atoms with Gasteiger partial charge in [-0.3, -0.25) is 23.7 Å². The van der Waals surface area contributed by atoms with Crippen LogP contribution in [0.15, 0.2) is 40.5 Å². The summed E-state index contributed by atoms with van der Waals surface area (Å²) in [6.07, 6.45) is 7.82. The Hall–Kier alpha value is -2.54. The van der Waals surface area contributed by atoms with Gasteiger partial charge in [-0.25, -0.2) is 4.98 Å². The van der Waals surface area contributed by atoms with Crippen molar-refractivity contribution >= 4 is 27.5 Å². The fraction of sp³-hybridized carbons (Fsp3) is 0.429. The summed E-state index contributed by atoms with van der Waals surface area (Å²) in [4.78, 5) is 36.9. The molecule has 0 unspecified atom stereocenters. The number of aryl methyl sites for hydroxylation is 3. The first-order valence-corrected chi connectivity index (χ1v) is 10.6. The predicted molar refractivity (Wildman–Crippen MR) is 111 cm³/mol. The number of hydrogen-bond acceptors (Lipinski definition) is 5. The van der Waals surface area contributed by atoms with E-state index in [2.05, 4.69) is 9.98 Å². The van der Waals surface area contributed by atoms with Crippen LogP contribution in [0.25, 0.3) is 10.2 Å². The van der Waals surface area contributed by atoms with Gasteiger partial charge in [-0.2, -0.15) is 0 Å². The number of thiophene rings is 1. The van der Waals surface area contributed by atoms with E-state index in [9.17, 15) is 9.59 Å². The molecule has 0 saturated carbocycles. The van der Waals surface area contributed by atoms with Crippen molar-refractivity contribution in [2.24, 2.45) is 4.99 Å². The minimum Gasteiger partial charge on any atom is -0.298 e. The zero-order valence-corrected chi connectivity index (χ0v) is 17.0. The summed E-state index contributed by atoms with van der Waals surface area (Å²) in [6.45, 7) is 4.27. The zero-order valence-electron chi connectivity index (χ0n) is 16.2. The third kappa shape index (κ3) is 3.58. The van der Waals surface area contributed by atoms with Crippen molar-refractivity contribution in [2.45, 2.75) is 58.5 Å². The Morgan fingerprint density at radius 3 is 2.93 bits per heavy atom. The molecular weight excluding hydrogens is 372 g/mol. The van der Waals surface area contributed by atoms with E-state index in [-0.39, 0.29) is 23.9 Å². The maximum Gasteiger partial charge on any atom is 0.262 e. The second-order valence-electron chi connectivity index (χ2n) is 7.43. The van der Waals surface area contributed by atoms with E-state index in [1.807, 2.05) is 32.0 Å². The summed E-state index contributed by atoms with van der Waals surface area (Å²) in [5.41, 5.74) is 1.79. The standard InChI is InChI=1S/C21H24N4O2S/c1-14(2)23-17-9-5-6-11-25(17)18(26)10-12-24-13-22-20-19(21(24)27)15-7-3-4-8-16(15)28-20/h5-6,9,11,13-14H,3-4,7-8,10,12H2,1-2H3. The number of carbonyl (C=O) groups excluding carboxylic acids is 1. The van der Waals surface area contributed by atoms with Crippen LogP contribution in [-0.2, 0) is 19.4 Å². The van der Waals surface area contributed by atoms with E-state index in [4.69, 9.17) is 0 Å². The Balaban J connectivity index is 1.61. The van der Waals surface area contributed by atoms with E-state index in [1.54, 1.807) is 33.0 Å². The molecule has 1 aliphatic carbocycles. The van der Waals surface area contributed by atoms with Crippen molar-refractivity contribution in [3.05, 3.63) is 57.0 Å². The number of carbonyl (C=O) groups is 1. The second-order valence-corrected chi connectivity index (χ2v) is 8.51. The van der Waals surface area contributed by atoms with Gasteiger partial charge in [-0.15, -0.1) is 11.3 Å². The van der Waals surface area contributed by atoms with E-state index < -0.39 is 0 Å². The van der Waals surface area contributed by atoms with Gasteiger partial charge in [0, 0.05) is 30.1 Å². The van der Waals surface area contributed by atoms with Crippen LogP contribution in [0.4, 0.5) is 0 Å². The summed E-state index contributed by atoms with van der Waals surface area (Å²) < 4.78 is 3.13. The van der Waals surface area contributed by atoms with E-state index >= 15 is 0 Å². The molecule has 0 radical (unpaired) electrons. The summed E-state index contributed by atoms with van der Waals surface area (Å²) in [7, 11) is 0. The average molecular weight is 397 g/mol. The molecular formula is C21H24N4O2S. The molecule has 0 aliphatic heterocycles. The van der Waals surface area contributed by atoms with Gasteiger partial charge in [0.2, 0.25) is 5.91 Å². The van der Waals surface area contributed by atoms with Gasteiger partial charge in [0.25, 0.3) is 5.56 Å². The van der Waals surface area contributed by atoms with Crippen LogP contribution in [0.3, 0.4) is 0 Å². The third-order valence-corrected chi connectivity index (χ3v) is 6.21. The smallest absolute Gasteiger partial charge is 0.262 e. The van der Waals surface area contributed by atoms with Gasteiger partial charge in [-0.1, -0.05) is 6.07 Å². The first kappa shape index (κ1) is 18.8. The Morgan fingerprint density at radius 2 is 2.11 bits per heavy atom. The Morgan fingerprint density at radius 1 is 1.29 bits per heavy atom. The number of nitrogens with zero attached hydrogens (tertiary/aromatic N) is 4. The molecule has 0 N–H and O–H groups in total. The van der Waals surface area contributed by atoms with E-state index in [1.165, 1.54) is 16.9 Å². The van der Waals surface area contributed by atoms with Crippen LogP contribution in [0, 0.1) is 0 Å². The third-order valence-electron chi connectivity index (χ3n) is 5.01. The molecule has 0 bridgehead atoms. The summed E-state index contributed by atoms with van der Waals surface area (Å²) >= 11 is 1.64. The van der Waals surface area contributed by atoms with Crippen molar-refractivity contribution in [2.75, 3.05) is 0 Å². The van der Waals surface area contributed by atoms with Gasteiger partial charge >= 0.3 is 0 Å². The lowest BCUT2D eigenvalue weighted by Gasteiger charge is -2.11. The maximum atomic E-state index is 13.0. The van der Waals surface area contributed by atoms with Gasteiger partial charge in [-0.05, 0) is 57.2 Å². The van der Waals surface area contributed by atoms with Crippen molar-refractivity contribution < 1.29 is 4.79 Å². The average Bonchev–Trinajstić information content (AvgIpc) is 3.06. The normalized spacial score (nSPS) is 14.6. The van der Waals surface area contributed by atoms with E-state index in [0.717, 1.165) is 29.5 Å². The predicted octanol–water partition coefficient (Wildman–Crippen LogP) is 3.18. The second kappa shape index (κ2) is 7.83. The van der Waals surface area contributed by atoms with Crippen LogP contribution < -0.4 is 11.0 Å². The van der Waals surface area contributed by atoms with Crippen molar-refractivity contribution in [3.8, 4) is 0 Å². The van der Waals surface area contributed by atoms with Crippen LogP contribution in [0.2, 0.25) is 0 Å². The monoisotopic (exact) mass is 396 g/mol. The molecule has 0 amide bonds. The van der Waals surface area contributed by atoms with Crippen molar-refractivity contribution in [3.63, 3.8) is 0 Å². The number of aromatic nitrogens is 3. The lowest BCUT2D eigenvalue weighted by molar-refractivity contribution is 0.0890.